The predicted octanol–water partition coefficient (Wildman–Crippen LogP) is 4.20. The topological polar surface area (TPSA) is 71.2 Å². The molecule has 162 valence electrons. The summed E-state index contributed by atoms with van der Waals surface area (Å²) in [5, 5.41) is 2.93. The van der Waals surface area contributed by atoms with Crippen LogP contribution in [-0.4, -0.2) is 36.6 Å². The van der Waals surface area contributed by atoms with E-state index in [1.54, 1.807) is 4.90 Å². The third-order valence-corrected chi connectivity index (χ3v) is 4.64. The Labute approximate surface area is 180 Å². The molecule has 1 aliphatic heterocycles. The zero-order valence-electron chi connectivity index (χ0n) is 15.3. The van der Waals surface area contributed by atoms with Gasteiger partial charge in [-0.3, -0.25) is 4.79 Å². The van der Waals surface area contributed by atoms with E-state index in [0.717, 1.165) is 37.9 Å². The number of pyridine rings is 1. The molecule has 0 saturated carbocycles. The van der Waals surface area contributed by atoms with Crippen LogP contribution in [0.3, 0.4) is 0 Å². The van der Waals surface area contributed by atoms with Crippen LogP contribution >= 0.6 is 36.4 Å². The van der Waals surface area contributed by atoms with Crippen LogP contribution in [0.15, 0.2) is 12.3 Å². The number of carbonyl (C=O) groups excluding carboxylic acids is 1. The molecule has 2 rings (SSSR count). The number of alkyl halides is 3. The van der Waals surface area contributed by atoms with Crippen molar-refractivity contribution in [2.24, 2.45) is 5.73 Å². The number of amides is 1. The van der Waals surface area contributed by atoms with E-state index in [4.69, 9.17) is 17.3 Å². The fourth-order valence-electron chi connectivity index (χ4n) is 2.97. The van der Waals surface area contributed by atoms with Gasteiger partial charge in [0.1, 0.15) is 5.82 Å². The molecular formula is C17H26Cl3F3N4O. The maximum absolute atomic E-state index is 12.7. The van der Waals surface area contributed by atoms with Crippen LogP contribution in [-0.2, 0) is 11.0 Å². The molecule has 0 radical (unpaired) electrons. The van der Waals surface area contributed by atoms with Crippen LogP contribution in [0.25, 0.3) is 0 Å². The first kappa shape index (κ1) is 27.0. The highest BCUT2D eigenvalue weighted by molar-refractivity contribution is 6.33. The summed E-state index contributed by atoms with van der Waals surface area (Å²) >= 11 is 5.98. The van der Waals surface area contributed by atoms with Crippen molar-refractivity contribution >= 4 is 48.1 Å². The van der Waals surface area contributed by atoms with Crippen molar-refractivity contribution in [3.8, 4) is 0 Å². The van der Waals surface area contributed by atoms with Crippen LogP contribution < -0.4 is 16.0 Å². The van der Waals surface area contributed by atoms with Crippen LogP contribution in [0.4, 0.5) is 19.0 Å². The number of nitrogens with two attached hydrogens (primary N) is 1. The molecule has 1 amide bonds. The number of nitrogens with one attached hydrogen (secondary N) is 1. The fourth-order valence-corrected chi connectivity index (χ4v) is 3.26. The number of unbranched alkanes of at least 4 members (excludes halogenated alkanes) is 3. The van der Waals surface area contributed by atoms with E-state index in [-0.39, 0.29) is 41.8 Å². The lowest BCUT2D eigenvalue weighted by Gasteiger charge is -2.20. The summed E-state index contributed by atoms with van der Waals surface area (Å²) in [6, 6.07) is 0.837. The van der Waals surface area contributed by atoms with E-state index in [1.165, 1.54) is 0 Å². The molecule has 5 nitrogen and oxygen atoms in total. The number of hydrogen-bond donors (Lipinski definition) is 2. The fraction of sp³-hybridized carbons (Fsp3) is 0.647. The minimum Gasteiger partial charge on any atom is -0.353 e. The summed E-state index contributed by atoms with van der Waals surface area (Å²) in [5.74, 6) is 0.314. The second kappa shape index (κ2) is 12.6. The molecule has 3 N–H and O–H groups in total. The molecule has 1 unspecified atom stereocenters. The van der Waals surface area contributed by atoms with Gasteiger partial charge in [-0.05, 0) is 31.9 Å². The number of rotatable bonds is 8. The molecule has 1 aromatic rings. The highest BCUT2D eigenvalue weighted by atomic mass is 35.5. The molecule has 1 saturated heterocycles. The predicted molar refractivity (Wildman–Crippen MR) is 110 cm³/mol. The maximum Gasteiger partial charge on any atom is 0.417 e. The van der Waals surface area contributed by atoms with E-state index in [9.17, 15) is 18.0 Å². The number of halogens is 6. The molecule has 0 aliphatic carbocycles. The van der Waals surface area contributed by atoms with E-state index in [2.05, 4.69) is 10.3 Å². The molecule has 0 spiro atoms. The first-order valence-corrected chi connectivity index (χ1v) is 9.16. The highest BCUT2D eigenvalue weighted by Crippen LogP contribution is 2.34. The normalized spacial score (nSPS) is 16.3. The number of anilines is 1. The van der Waals surface area contributed by atoms with Gasteiger partial charge in [0.2, 0.25) is 5.91 Å². The molecule has 1 aliphatic rings. The number of carbonyl (C=O) groups is 1. The molecular weight excluding hydrogens is 440 g/mol. The van der Waals surface area contributed by atoms with Gasteiger partial charge in [0.05, 0.1) is 10.6 Å². The zero-order valence-corrected chi connectivity index (χ0v) is 17.7. The van der Waals surface area contributed by atoms with Crippen LogP contribution in [0, 0.1) is 0 Å². The van der Waals surface area contributed by atoms with Gasteiger partial charge in [-0.15, -0.1) is 24.8 Å². The molecule has 28 heavy (non-hydrogen) atoms. The minimum atomic E-state index is -4.47. The lowest BCUT2D eigenvalue weighted by Crippen LogP contribution is -2.37. The third kappa shape index (κ3) is 8.19. The lowest BCUT2D eigenvalue weighted by molar-refractivity contribution is -0.137. The van der Waals surface area contributed by atoms with E-state index in [0.29, 0.717) is 38.3 Å². The summed E-state index contributed by atoms with van der Waals surface area (Å²) in [4.78, 5) is 17.6. The summed E-state index contributed by atoms with van der Waals surface area (Å²) < 4.78 is 38.1. The SMILES string of the molecule is Cl.Cl.NCCCCCCC(=O)NC1CCN(c2ncc(C(F)(F)F)cc2Cl)C1. The molecule has 0 bridgehead atoms. The Morgan fingerprint density at radius 3 is 2.57 bits per heavy atom. The van der Waals surface area contributed by atoms with E-state index in [1.807, 2.05) is 0 Å². The van der Waals surface area contributed by atoms with Gasteiger partial charge in [-0.1, -0.05) is 24.4 Å². The minimum absolute atomic E-state index is 0. The average molecular weight is 466 g/mol. The van der Waals surface area contributed by atoms with Gasteiger partial charge in [0.15, 0.2) is 0 Å². The Morgan fingerprint density at radius 2 is 1.96 bits per heavy atom. The maximum atomic E-state index is 12.7. The standard InChI is InChI=1S/C17H24ClF3N4O.2ClH/c18-14-9-12(17(19,20)21)10-23-16(14)25-8-6-13(11-25)24-15(26)5-3-1-2-4-7-22;;/h9-10,13H,1-8,11,22H2,(H,24,26);2*1H. The molecule has 1 atom stereocenters. The number of hydrogen-bond acceptors (Lipinski definition) is 4. The Hall–Kier alpha value is -0.960. The smallest absolute Gasteiger partial charge is 0.353 e. The van der Waals surface area contributed by atoms with Gasteiger partial charge in [0.25, 0.3) is 0 Å². The molecule has 11 heteroatoms. The molecule has 0 aromatic carbocycles. The van der Waals surface area contributed by atoms with E-state index < -0.39 is 11.7 Å². The number of nitrogens with zero attached hydrogens (tertiary/aromatic N) is 2. The quantitative estimate of drug-likeness (QED) is 0.565. The highest BCUT2D eigenvalue weighted by Gasteiger charge is 2.33. The van der Waals surface area contributed by atoms with Crippen LogP contribution in [0.5, 0.6) is 0 Å². The van der Waals surface area contributed by atoms with Gasteiger partial charge >= 0.3 is 6.18 Å². The van der Waals surface area contributed by atoms with E-state index >= 15 is 0 Å². The molecule has 1 aromatic heterocycles. The van der Waals surface area contributed by atoms with Gasteiger partial charge in [-0.2, -0.15) is 13.2 Å². The van der Waals surface area contributed by atoms with Crippen molar-refractivity contribution in [2.45, 2.75) is 50.7 Å². The van der Waals surface area contributed by atoms with Crippen molar-refractivity contribution in [2.75, 3.05) is 24.5 Å². The largest absolute Gasteiger partial charge is 0.417 e. The van der Waals surface area contributed by atoms with Gasteiger partial charge < -0.3 is 16.0 Å². The first-order chi connectivity index (χ1) is 12.3. The molecule has 1 fully saturated rings. The Morgan fingerprint density at radius 1 is 1.29 bits per heavy atom. The Bertz CT molecular complexity index is 620. The first-order valence-electron chi connectivity index (χ1n) is 8.78. The van der Waals surface area contributed by atoms with Crippen molar-refractivity contribution in [3.05, 3.63) is 22.8 Å². The van der Waals surface area contributed by atoms with Crippen LogP contribution in [0.1, 0.15) is 44.1 Å². The summed E-state index contributed by atoms with van der Waals surface area (Å²) in [6.45, 7) is 1.74. The average Bonchev–Trinajstić information content (AvgIpc) is 3.01. The summed E-state index contributed by atoms with van der Waals surface area (Å²) in [7, 11) is 0. The van der Waals surface area contributed by atoms with Crippen molar-refractivity contribution in [1.29, 1.82) is 0 Å². The van der Waals surface area contributed by atoms with Gasteiger partial charge in [-0.25, -0.2) is 4.98 Å². The zero-order chi connectivity index (χ0) is 19.2. The number of aromatic nitrogens is 1. The van der Waals surface area contributed by atoms with Crippen molar-refractivity contribution in [1.82, 2.24) is 10.3 Å². The third-order valence-electron chi connectivity index (χ3n) is 4.36. The summed E-state index contributed by atoms with van der Waals surface area (Å²) in [6.07, 6.45) is 1.30. The summed E-state index contributed by atoms with van der Waals surface area (Å²) in [5.41, 5.74) is 4.56. The Kier molecular flexibility index (Phi) is 12.1. The van der Waals surface area contributed by atoms with Crippen molar-refractivity contribution < 1.29 is 18.0 Å². The van der Waals surface area contributed by atoms with Gasteiger partial charge in [0, 0.05) is 31.7 Å². The van der Waals surface area contributed by atoms with Crippen molar-refractivity contribution in [3.63, 3.8) is 0 Å². The monoisotopic (exact) mass is 464 g/mol. The Balaban J connectivity index is 0.00000364. The molecule has 2 heterocycles. The van der Waals surface area contributed by atoms with Crippen LogP contribution in [0.2, 0.25) is 5.02 Å². The lowest BCUT2D eigenvalue weighted by atomic mass is 10.1. The second-order valence-corrected chi connectivity index (χ2v) is 6.89. The second-order valence-electron chi connectivity index (χ2n) is 6.48.